The minimum Gasteiger partial charge on any atom is -0.372 e. The molecule has 6 nitrogen and oxygen atoms in total. The van der Waals surface area contributed by atoms with Gasteiger partial charge in [-0.3, -0.25) is 0 Å². The van der Waals surface area contributed by atoms with Crippen LogP contribution >= 0.6 is 0 Å². The monoisotopic (exact) mass is 287 g/mol. The molecule has 2 unspecified atom stereocenters. The molecule has 1 fully saturated rings. The van der Waals surface area contributed by atoms with Crippen LogP contribution in [0.3, 0.4) is 0 Å². The van der Waals surface area contributed by atoms with Gasteiger partial charge in [-0.05, 0) is 33.8 Å². The fraction of sp³-hybridized carbons (Fsp3) is 0.533. The Labute approximate surface area is 124 Å². The van der Waals surface area contributed by atoms with E-state index in [1.165, 1.54) is 0 Å². The zero-order valence-corrected chi connectivity index (χ0v) is 12.9. The van der Waals surface area contributed by atoms with Gasteiger partial charge in [0.25, 0.3) is 0 Å². The van der Waals surface area contributed by atoms with Crippen LogP contribution in [-0.2, 0) is 4.74 Å². The van der Waals surface area contributed by atoms with Gasteiger partial charge in [-0.2, -0.15) is 5.10 Å². The Kier molecular flexibility index (Phi) is 3.63. The second-order valence-electron chi connectivity index (χ2n) is 5.74. The van der Waals surface area contributed by atoms with Crippen LogP contribution < -0.4 is 4.90 Å². The molecular formula is C15H21N5O. The molecule has 0 bridgehead atoms. The molecule has 0 amide bonds. The van der Waals surface area contributed by atoms with Crippen molar-refractivity contribution in [2.24, 2.45) is 0 Å². The normalized spacial score (nSPS) is 22.6. The topological polar surface area (TPSA) is 56.1 Å². The van der Waals surface area contributed by atoms with Crippen LogP contribution in [0.25, 0.3) is 5.82 Å². The molecular weight excluding hydrogens is 266 g/mol. The Hall–Kier alpha value is -1.95. The van der Waals surface area contributed by atoms with Gasteiger partial charge < -0.3 is 9.64 Å². The zero-order chi connectivity index (χ0) is 15.0. The highest BCUT2D eigenvalue weighted by Gasteiger charge is 2.23. The van der Waals surface area contributed by atoms with Gasteiger partial charge in [-0.25, -0.2) is 14.6 Å². The standard InChI is InChI=1S/C15H21N5O/c1-10-5-11(2)20(18-10)15-6-14(16-9-17-15)19-7-12(3)21-13(4)8-19/h5-6,9,12-13H,7-8H2,1-4H3. The predicted molar refractivity (Wildman–Crippen MR) is 80.9 cm³/mol. The summed E-state index contributed by atoms with van der Waals surface area (Å²) in [5, 5.41) is 4.48. The number of morpholine rings is 1. The molecule has 2 aromatic heterocycles. The van der Waals surface area contributed by atoms with Gasteiger partial charge in [0.05, 0.1) is 17.9 Å². The highest BCUT2D eigenvalue weighted by Crippen LogP contribution is 2.20. The van der Waals surface area contributed by atoms with Crippen LogP contribution in [0.5, 0.6) is 0 Å². The van der Waals surface area contributed by atoms with Crippen molar-refractivity contribution in [3.63, 3.8) is 0 Å². The number of rotatable bonds is 2. The third-order valence-electron chi connectivity index (χ3n) is 3.61. The van der Waals surface area contributed by atoms with Crippen LogP contribution in [0.1, 0.15) is 25.2 Å². The van der Waals surface area contributed by atoms with E-state index in [0.717, 1.165) is 36.1 Å². The van der Waals surface area contributed by atoms with Crippen molar-refractivity contribution in [2.75, 3.05) is 18.0 Å². The molecule has 2 aromatic rings. The van der Waals surface area contributed by atoms with E-state index in [2.05, 4.69) is 33.8 Å². The van der Waals surface area contributed by atoms with Crippen molar-refractivity contribution in [2.45, 2.75) is 39.9 Å². The Bertz CT molecular complexity index is 629. The summed E-state index contributed by atoms with van der Waals surface area (Å²) < 4.78 is 7.63. The molecule has 1 aliphatic heterocycles. The maximum atomic E-state index is 5.77. The van der Waals surface area contributed by atoms with Gasteiger partial charge in [0.15, 0.2) is 5.82 Å². The van der Waals surface area contributed by atoms with Gasteiger partial charge in [-0.1, -0.05) is 0 Å². The molecule has 112 valence electrons. The van der Waals surface area contributed by atoms with Gasteiger partial charge in [0.1, 0.15) is 12.1 Å². The highest BCUT2D eigenvalue weighted by atomic mass is 16.5. The number of anilines is 1. The highest BCUT2D eigenvalue weighted by molar-refractivity contribution is 5.44. The van der Waals surface area contributed by atoms with Crippen LogP contribution in [-0.4, -0.2) is 45.0 Å². The quantitative estimate of drug-likeness (QED) is 0.844. The lowest BCUT2D eigenvalue weighted by molar-refractivity contribution is -0.00546. The summed E-state index contributed by atoms with van der Waals surface area (Å²) in [6.45, 7) is 9.88. The summed E-state index contributed by atoms with van der Waals surface area (Å²) in [4.78, 5) is 11.0. The second kappa shape index (κ2) is 5.44. The van der Waals surface area contributed by atoms with Crippen molar-refractivity contribution in [1.82, 2.24) is 19.7 Å². The van der Waals surface area contributed by atoms with Crippen molar-refractivity contribution < 1.29 is 4.74 Å². The number of ether oxygens (including phenoxy) is 1. The number of hydrogen-bond acceptors (Lipinski definition) is 5. The summed E-state index contributed by atoms with van der Waals surface area (Å²) >= 11 is 0. The van der Waals surface area contributed by atoms with Crippen molar-refractivity contribution >= 4 is 5.82 Å². The van der Waals surface area contributed by atoms with E-state index in [0.29, 0.717) is 0 Å². The molecule has 6 heteroatoms. The molecule has 0 N–H and O–H groups in total. The molecule has 3 heterocycles. The van der Waals surface area contributed by atoms with Crippen LogP contribution in [0, 0.1) is 13.8 Å². The maximum Gasteiger partial charge on any atom is 0.159 e. The number of nitrogens with zero attached hydrogens (tertiary/aromatic N) is 5. The largest absolute Gasteiger partial charge is 0.372 e. The van der Waals surface area contributed by atoms with E-state index < -0.39 is 0 Å². The van der Waals surface area contributed by atoms with E-state index in [-0.39, 0.29) is 12.2 Å². The van der Waals surface area contributed by atoms with Crippen molar-refractivity contribution in [3.05, 3.63) is 29.8 Å². The molecule has 0 saturated carbocycles. The molecule has 0 aromatic carbocycles. The smallest absolute Gasteiger partial charge is 0.159 e. The summed E-state index contributed by atoms with van der Waals surface area (Å²) in [6, 6.07) is 4.03. The number of aryl methyl sites for hydroxylation is 2. The average Bonchev–Trinajstić information content (AvgIpc) is 2.77. The first-order valence-electron chi connectivity index (χ1n) is 7.29. The predicted octanol–water partition coefficient (Wildman–Crippen LogP) is 1.89. The zero-order valence-electron chi connectivity index (χ0n) is 12.9. The van der Waals surface area contributed by atoms with E-state index in [1.54, 1.807) is 6.33 Å². The first-order chi connectivity index (χ1) is 10.0. The molecule has 3 rings (SSSR count). The summed E-state index contributed by atoms with van der Waals surface area (Å²) in [7, 11) is 0. The minimum absolute atomic E-state index is 0.209. The Morgan fingerprint density at radius 1 is 1.05 bits per heavy atom. The lowest BCUT2D eigenvalue weighted by Gasteiger charge is -2.36. The molecule has 0 spiro atoms. The summed E-state index contributed by atoms with van der Waals surface area (Å²) in [6.07, 6.45) is 2.02. The van der Waals surface area contributed by atoms with Crippen molar-refractivity contribution in [1.29, 1.82) is 0 Å². The van der Waals surface area contributed by atoms with E-state index in [9.17, 15) is 0 Å². The molecule has 1 saturated heterocycles. The number of aromatic nitrogens is 4. The Morgan fingerprint density at radius 3 is 2.33 bits per heavy atom. The summed E-state index contributed by atoms with van der Waals surface area (Å²) in [5.41, 5.74) is 2.06. The Morgan fingerprint density at radius 2 is 1.71 bits per heavy atom. The van der Waals surface area contributed by atoms with Gasteiger partial charge in [-0.15, -0.1) is 0 Å². The third kappa shape index (κ3) is 2.90. The van der Waals surface area contributed by atoms with E-state index in [1.807, 2.05) is 30.7 Å². The molecule has 0 aliphatic carbocycles. The average molecular weight is 287 g/mol. The van der Waals surface area contributed by atoms with E-state index >= 15 is 0 Å². The second-order valence-corrected chi connectivity index (χ2v) is 5.74. The molecule has 2 atom stereocenters. The molecule has 21 heavy (non-hydrogen) atoms. The van der Waals surface area contributed by atoms with Gasteiger partial charge in [0.2, 0.25) is 0 Å². The van der Waals surface area contributed by atoms with Crippen LogP contribution in [0.2, 0.25) is 0 Å². The number of hydrogen-bond donors (Lipinski definition) is 0. The lowest BCUT2D eigenvalue weighted by atomic mass is 10.2. The SMILES string of the molecule is Cc1cc(C)n(-c2cc(N3CC(C)OC(C)C3)ncn2)n1. The molecule has 0 radical (unpaired) electrons. The first kappa shape index (κ1) is 14.0. The Balaban J connectivity index is 1.91. The van der Waals surface area contributed by atoms with Crippen LogP contribution in [0.4, 0.5) is 5.82 Å². The van der Waals surface area contributed by atoms with Gasteiger partial charge in [0, 0.05) is 24.8 Å². The molecule has 1 aliphatic rings. The van der Waals surface area contributed by atoms with Crippen molar-refractivity contribution in [3.8, 4) is 5.82 Å². The minimum atomic E-state index is 0.209. The van der Waals surface area contributed by atoms with E-state index in [4.69, 9.17) is 4.74 Å². The fourth-order valence-corrected chi connectivity index (χ4v) is 2.85. The summed E-state index contributed by atoms with van der Waals surface area (Å²) in [5.74, 6) is 1.73. The van der Waals surface area contributed by atoms with Gasteiger partial charge >= 0.3 is 0 Å². The maximum absolute atomic E-state index is 5.77. The first-order valence-corrected chi connectivity index (χ1v) is 7.29. The third-order valence-corrected chi connectivity index (χ3v) is 3.61. The lowest BCUT2D eigenvalue weighted by Crippen LogP contribution is -2.45. The van der Waals surface area contributed by atoms with Crippen LogP contribution in [0.15, 0.2) is 18.5 Å². The fourth-order valence-electron chi connectivity index (χ4n) is 2.85.